The van der Waals surface area contributed by atoms with Crippen molar-refractivity contribution in [1.29, 1.82) is 5.26 Å². The van der Waals surface area contributed by atoms with Crippen molar-refractivity contribution in [2.24, 2.45) is 5.92 Å². The van der Waals surface area contributed by atoms with Gasteiger partial charge in [-0.1, -0.05) is 13.0 Å². The molecular formula is C15H16F3NO2S. The second-order valence-electron chi connectivity index (χ2n) is 5.88. The molecule has 2 rings (SSSR count). The van der Waals surface area contributed by atoms with Crippen molar-refractivity contribution < 1.29 is 21.6 Å². The van der Waals surface area contributed by atoms with E-state index in [1.165, 1.54) is 6.07 Å². The van der Waals surface area contributed by atoms with Gasteiger partial charge in [-0.05, 0) is 41.9 Å². The summed E-state index contributed by atoms with van der Waals surface area (Å²) in [5.74, 6) is -0.540. The van der Waals surface area contributed by atoms with Gasteiger partial charge in [0.2, 0.25) is 0 Å². The molecule has 0 radical (unpaired) electrons. The number of hydrogen-bond donors (Lipinski definition) is 0. The molecule has 7 heteroatoms. The number of alkyl halides is 3. The minimum absolute atomic E-state index is 0.0571. The van der Waals surface area contributed by atoms with E-state index in [0.29, 0.717) is 12.0 Å². The minimum atomic E-state index is -4.58. The van der Waals surface area contributed by atoms with E-state index in [2.05, 4.69) is 0 Å². The molecule has 3 nitrogen and oxygen atoms in total. The summed E-state index contributed by atoms with van der Waals surface area (Å²) in [5, 5.41) is 8.91. The maximum Gasteiger partial charge on any atom is 0.417 e. The molecule has 0 aromatic heterocycles. The number of rotatable bonds is 3. The summed E-state index contributed by atoms with van der Waals surface area (Å²) in [7, 11) is -3.19. The van der Waals surface area contributed by atoms with Gasteiger partial charge in [-0.3, -0.25) is 0 Å². The van der Waals surface area contributed by atoms with Crippen molar-refractivity contribution in [1.82, 2.24) is 0 Å². The summed E-state index contributed by atoms with van der Waals surface area (Å²) in [6, 6.07) is 4.33. The van der Waals surface area contributed by atoms with Crippen molar-refractivity contribution >= 4 is 9.84 Å². The standard InChI is InChI=1S/C15H16F3NO2S/c1-9(8-22(2,20)21)11-5-6-13-12(11)4-3-10(7-19)14(13)15(16,17)18/h3-4,9,11H,5-6,8H2,1-2H3/t9?,11-/m1/s1. The molecule has 1 unspecified atom stereocenters. The molecule has 1 aliphatic carbocycles. The van der Waals surface area contributed by atoms with Gasteiger partial charge in [0.15, 0.2) is 0 Å². The zero-order valence-corrected chi connectivity index (χ0v) is 13.1. The van der Waals surface area contributed by atoms with E-state index in [-0.39, 0.29) is 35.1 Å². The minimum Gasteiger partial charge on any atom is -0.229 e. The SMILES string of the molecule is CC(CS(C)(=O)=O)[C@H]1CCc2c1ccc(C#N)c2C(F)(F)F. The third-order valence-electron chi connectivity index (χ3n) is 4.11. The lowest BCUT2D eigenvalue weighted by Crippen LogP contribution is -2.18. The number of nitrogens with zero attached hydrogens (tertiary/aromatic N) is 1. The Bertz CT molecular complexity index is 732. The Labute approximate surface area is 127 Å². The molecule has 0 saturated heterocycles. The highest BCUT2D eigenvalue weighted by Gasteiger charge is 2.41. The number of hydrogen-bond acceptors (Lipinski definition) is 3. The summed E-state index contributed by atoms with van der Waals surface area (Å²) in [6.45, 7) is 1.74. The van der Waals surface area contributed by atoms with Crippen LogP contribution >= 0.6 is 0 Å². The van der Waals surface area contributed by atoms with Gasteiger partial charge in [-0.15, -0.1) is 0 Å². The van der Waals surface area contributed by atoms with Crippen LogP contribution in [-0.4, -0.2) is 20.4 Å². The molecule has 1 aromatic carbocycles. The average molecular weight is 331 g/mol. The van der Waals surface area contributed by atoms with E-state index in [1.807, 2.05) is 0 Å². The summed E-state index contributed by atoms with van der Waals surface area (Å²) in [5.41, 5.74) is -0.552. The van der Waals surface area contributed by atoms with E-state index < -0.39 is 21.6 Å². The second kappa shape index (κ2) is 5.58. The molecule has 0 fully saturated rings. The van der Waals surface area contributed by atoms with Crippen molar-refractivity contribution in [2.75, 3.05) is 12.0 Å². The summed E-state index contributed by atoms with van der Waals surface area (Å²) in [4.78, 5) is 0. The van der Waals surface area contributed by atoms with Gasteiger partial charge in [0, 0.05) is 6.26 Å². The largest absolute Gasteiger partial charge is 0.417 e. The molecule has 1 aromatic rings. The van der Waals surface area contributed by atoms with Crippen LogP contribution in [0.3, 0.4) is 0 Å². The first kappa shape index (κ1) is 16.8. The maximum absolute atomic E-state index is 13.2. The topological polar surface area (TPSA) is 57.9 Å². The van der Waals surface area contributed by atoms with Gasteiger partial charge in [0.1, 0.15) is 9.84 Å². The van der Waals surface area contributed by atoms with Crippen molar-refractivity contribution in [2.45, 2.75) is 31.9 Å². The number of sulfone groups is 1. The highest BCUT2D eigenvalue weighted by atomic mass is 32.2. The molecule has 0 N–H and O–H groups in total. The number of halogens is 3. The van der Waals surface area contributed by atoms with E-state index in [9.17, 15) is 21.6 Å². The number of nitriles is 1. The Morgan fingerprint density at radius 3 is 2.55 bits per heavy atom. The molecular weight excluding hydrogens is 315 g/mol. The summed E-state index contributed by atoms with van der Waals surface area (Å²) < 4.78 is 62.6. The third kappa shape index (κ3) is 3.27. The molecule has 2 atom stereocenters. The first-order valence-electron chi connectivity index (χ1n) is 6.85. The van der Waals surface area contributed by atoms with Crippen LogP contribution < -0.4 is 0 Å². The molecule has 120 valence electrons. The maximum atomic E-state index is 13.2. The zero-order chi connectivity index (χ0) is 16.7. The molecule has 0 amide bonds. The third-order valence-corrected chi connectivity index (χ3v) is 5.24. The van der Waals surface area contributed by atoms with Crippen molar-refractivity contribution in [3.8, 4) is 6.07 Å². The highest BCUT2D eigenvalue weighted by molar-refractivity contribution is 7.90. The quantitative estimate of drug-likeness (QED) is 0.854. The van der Waals surface area contributed by atoms with E-state index >= 15 is 0 Å². The first-order chi connectivity index (χ1) is 10.0. The van der Waals surface area contributed by atoms with Gasteiger partial charge in [-0.2, -0.15) is 18.4 Å². The van der Waals surface area contributed by atoms with Crippen LogP contribution in [0.1, 0.15) is 41.5 Å². The molecule has 0 heterocycles. The lowest BCUT2D eigenvalue weighted by molar-refractivity contribution is -0.138. The number of fused-ring (bicyclic) bond motifs is 1. The monoisotopic (exact) mass is 331 g/mol. The number of benzene rings is 1. The predicted octanol–water partition coefficient (Wildman–Crippen LogP) is 3.29. The first-order valence-corrected chi connectivity index (χ1v) is 8.91. The van der Waals surface area contributed by atoms with Crippen LogP contribution in [0.15, 0.2) is 12.1 Å². The van der Waals surface area contributed by atoms with E-state index in [4.69, 9.17) is 5.26 Å². The van der Waals surface area contributed by atoms with Crippen LogP contribution in [0, 0.1) is 17.2 Å². The zero-order valence-electron chi connectivity index (χ0n) is 12.2. The Morgan fingerprint density at radius 2 is 2.05 bits per heavy atom. The normalized spacial score (nSPS) is 19.5. The van der Waals surface area contributed by atoms with Gasteiger partial charge >= 0.3 is 6.18 Å². The van der Waals surface area contributed by atoms with Crippen molar-refractivity contribution in [3.05, 3.63) is 34.4 Å². The lowest BCUT2D eigenvalue weighted by Gasteiger charge is -2.20. The Balaban J connectivity index is 2.48. The fraction of sp³-hybridized carbons (Fsp3) is 0.533. The molecule has 22 heavy (non-hydrogen) atoms. The van der Waals surface area contributed by atoms with E-state index in [0.717, 1.165) is 6.26 Å². The van der Waals surface area contributed by atoms with Gasteiger partial charge in [0.05, 0.1) is 22.9 Å². The molecule has 1 aliphatic rings. The molecule has 0 saturated carbocycles. The summed E-state index contributed by atoms with van der Waals surface area (Å²) in [6.07, 6.45) is -2.76. The van der Waals surface area contributed by atoms with E-state index in [1.54, 1.807) is 19.1 Å². The Kier molecular flexibility index (Phi) is 4.26. The lowest BCUT2D eigenvalue weighted by atomic mass is 9.88. The van der Waals surface area contributed by atoms with Gasteiger partial charge in [0.25, 0.3) is 0 Å². The fourth-order valence-electron chi connectivity index (χ4n) is 3.34. The van der Waals surface area contributed by atoms with Gasteiger partial charge < -0.3 is 0 Å². The smallest absolute Gasteiger partial charge is 0.229 e. The average Bonchev–Trinajstić information content (AvgIpc) is 2.77. The second-order valence-corrected chi connectivity index (χ2v) is 8.07. The van der Waals surface area contributed by atoms with Crippen LogP contribution in [0.5, 0.6) is 0 Å². The van der Waals surface area contributed by atoms with Crippen LogP contribution in [0.25, 0.3) is 0 Å². The van der Waals surface area contributed by atoms with Crippen LogP contribution in [0.4, 0.5) is 13.2 Å². The summed E-state index contributed by atoms with van der Waals surface area (Å²) >= 11 is 0. The highest BCUT2D eigenvalue weighted by Crippen LogP contribution is 2.45. The van der Waals surface area contributed by atoms with Crippen LogP contribution in [0.2, 0.25) is 0 Å². The van der Waals surface area contributed by atoms with Crippen molar-refractivity contribution in [3.63, 3.8) is 0 Å². The molecule has 0 aliphatic heterocycles. The predicted molar refractivity (Wildman–Crippen MR) is 76.1 cm³/mol. The Morgan fingerprint density at radius 1 is 1.41 bits per heavy atom. The van der Waals surface area contributed by atoms with Crippen LogP contribution in [-0.2, 0) is 22.4 Å². The molecule has 0 bridgehead atoms. The fourth-order valence-corrected chi connectivity index (χ4v) is 4.53. The van der Waals surface area contributed by atoms with Gasteiger partial charge in [-0.25, -0.2) is 8.42 Å². The Hall–Kier alpha value is -1.55. The molecule has 0 spiro atoms.